The van der Waals surface area contributed by atoms with Crippen molar-refractivity contribution in [3.63, 3.8) is 0 Å². The topological polar surface area (TPSA) is 82.1 Å². The monoisotopic (exact) mass is 377 g/mol. The molecule has 2 amide bonds. The van der Waals surface area contributed by atoms with Crippen LogP contribution in [-0.2, 0) is 11.2 Å². The summed E-state index contributed by atoms with van der Waals surface area (Å²) in [7, 11) is 3.45. The van der Waals surface area contributed by atoms with Crippen LogP contribution in [-0.4, -0.2) is 72.3 Å². The second kappa shape index (κ2) is 9.60. The van der Waals surface area contributed by atoms with Crippen molar-refractivity contribution < 1.29 is 19.4 Å². The van der Waals surface area contributed by atoms with Gasteiger partial charge >= 0.3 is 12.0 Å². The van der Waals surface area contributed by atoms with Crippen LogP contribution in [0.4, 0.5) is 4.79 Å². The Kier molecular flexibility index (Phi) is 7.47. The third-order valence-electron chi connectivity index (χ3n) is 5.39. The van der Waals surface area contributed by atoms with E-state index in [1.165, 1.54) is 0 Å². The summed E-state index contributed by atoms with van der Waals surface area (Å²) in [5, 5.41) is 12.0. The van der Waals surface area contributed by atoms with Crippen molar-refractivity contribution in [3.05, 3.63) is 29.8 Å². The van der Waals surface area contributed by atoms with Gasteiger partial charge in [-0.15, -0.1) is 0 Å². The Labute approximate surface area is 161 Å². The van der Waals surface area contributed by atoms with Gasteiger partial charge in [-0.3, -0.25) is 9.69 Å². The molecule has 1 unspecified atom stereocenters. The molecule has 1 aliphatic carbocycles. The molecule has 2 rings (SSSR count). The summed E-state index contributed by atoms with van der Waals surface area (Å²) in [5.41, 5.74) is 1.07. The number of benzene rings is 1. The maximum Gasteiger partial charge on any atom is 0.317 e. The van der Waals surface area contributed by atoms with Gasteiger partial charge in [-0.1, -0.05) is 25.1 Å². The van der Waals surface area contributed by atoms with E-state index in [1.54, 1.807) is 19.1 Å². The van der Waals surface area contributed by atoms with Crippen LogP contribution in [0.25, 0.3) is 0 Å². The van der Waals surface area contributed by atoms with Gasteiger partial charge in [-0.25, -0.2) is 4.79 Å². The number of para-hydroxylation sites is 1. The molecule has 7 heteroatoms. The van der Waals surface area contributed by atoms with E-state index in [0.29, 0.717) is 13.0 Å². The fraction of sp³-hybridized carbons (Fsp3) is 0.600. The van der Waals surface area contributed by atoms with Gasteiger partial charge in [0.05, 0.1) is 13.7 Å². The van der Waals surface area contributed by atoms with Crippen molar-refractivity contribution >= 4 is 12.0 Å². The lowest BCUT2D eigenvalue weighted by atomic mass is 9.85. The van der Waals surface area contributed by atoms with E-state index >= 15 is 0 Å². The van der Waals surface area contributed by atoms with Gasteiger partial charge in [0, 0.05) is 25.2 Å². The summed E-state index contributed by atoms with van der Waals surface area (Å²) >= 11 is 0. The molecular weight excluding hydrogens is 346 g/mol. The van der Waals surface area contributed by atoms with E-state index in [2.05, 4.69) is 5.32 Å². The molecule has 1 fully saturated rings. The van der Waals surface area contributed by atoms with E-state index in [1.807, 2.05) is 43.0 Å². The van der Waals surface area contributed by atoms with Gasteiger partial charge in [0.25, 0.3) is 0 Å². The summed E-state index contributed by atoms with van der Waals surface area (Å²) in [6.45, 7) is 4.73. The lowest BCUT2D eigenvalue weighted by Crippen LogP contribution is -2.57. The average molecular weight is 377 g/mol. The molecule has 0 aliphatic heterocycles. The van der Waals surface area contributed by atoms with Crippen LogP contribution in [0, 0.1) is 0 Å². The van der Waals surface area contributed by atoms with E-state index in [-0.39, 0.29) is 30.7 Å². The van der Waals surface area contributed by atoms with Crippen LogP contribution in [0.5, 0.6) is 5.75 Å². The Morgan fingerprint density at radius 2 is 2.00 bits per heavy atom. The van der Waals surface area contributed by atoms with Crippen LogP contribution in [0.3, 0.4) is 0 Å². The third kappa shape index (κ3) is 5.60. The average Bonchev–Trinajstić information content (AvgIpc) is 2.62. The normalized spacial score (nSPS) is 19.9. The number of carbonyl (C=O) groups excluding carboxylic acids is 1. The molecule has 1 aliphatic rings. The number of carboxylic acid groups (broad SMARTS) is 1. The smallest absolute Gasteiger partial charge is 0.317 e. The number of amides is 2. The number of rotatable bonds is 9. The van der Waals surface area contributed by atoms with Gasteiger partial charge in [0.1, 0.15) is 5.75 Å². The summed E-state index contributed by atoms with van der Waals surface area (Å²) < 4.78 is 5.38. The lowest BCUT2D eigenvalue weighted by molar-refractivity contribution is -0.139. The van der Waals surface area contributed by atoms with Crippen LogP contribution in [0.15, 0.2) is 24.3 Å². The molecule has 27 heavy (non-hydrogen) atoms. The van der Waals surface area contributed by atoms with Crippen LogP contribution < -0.4 is 10.1 Å². The first-order valence-electron chi connectivity index (χ1n) is 9.46. The first-order chi connectivity index (χ1) is 12.8. The van der Waals surface area contributed by atoms with Crippen LogP contribution in [0.2, 0.25) is 0 Å². The van der Waals surface area contributed by atoms with E-state index < -0.39 is 5.97 Å². The van der Waals surface area contributed by atoms with Crippen molar-refractivity contribution in [1.82, 2.24) is 15.1 Å². The number of aliphatic carboxylic acids is 1. The Balaban J connectivity index is 1.81. The Morgan fingerprint density at radius 3 is 2.59 bits per heavy atom. The minimum absolute atomic E-state index is 0.0244. The largest absolute Gasteiger partial charge is 0.496 e. The molecule has 7 nitrogen and oxygen atoms in total. The molecule has 0 aromatic heterocycles. The highest BCUT2D eigenvalue weighted by Gasteiger charge is 2.35. The predicted molar refractivity (Wildman–Crippen MR) is 104 cm³/mol. The standard InChI is InChI=1S/C20H31N3O4/c1-5-23(13-19(24)25)17-11-16(12-17)21-20(26)22(3)14(2)10-15-8-6-7-9-18(15)27-4/h6-9,14,16-17H,5,10-13H2,1-4H3,(H,21,26)(H,24,25). The summed E-state index contributed by atoms with van der Waals surface area (Å²) in [6, 6.07) is 8.10. The van der Waals surface area contributed by atoms with E-state index in [0.717, 1.165) is 24.2 Å². The Morgan fingerprint density at radius 1 is 1.33 bits per heavy atom. The van der Waals surface area contributed by atoms with Crippen molar-refractivity contribution in [2.24, 2.45) is 0 Å². The molecule has 0 heterocycles. The van der Waals surface area contributed by atoms with Gasteiger partial charge in [0.2, 0.25) is 0 Å². The molecule has 2 N–H and O–H groups in total. The second-order valence-electron chi connectivity index (χ2n) is 7.20. The maximum atomic E-state index is 12.5. The summed E-state index contributed by atoms with van der Waals surface area (Å²) in [6.07, 6.45) is 2.30. The minimum atomic E-state index is -0.811. The molecular formula is C20H31N3O4. The van der Waals surface area contributed by atoms with Gasteiger partial charge in [0.15, 0.2) is 0 Å². The molecule has 150 valence electrons. The third-order valence-corrected chi connectivity index (χ3v) is 5.39. The van der Waals surface area contributed by atoms with Gasteiger partial charge in [-0.05, 0) is 44.4 Å². The van der Waals surface area contributed by atoms with Crippen molar-refractivity contribution in [1.29, 1.82) is 0 Å². The van der Waals surface area contributed by atoms with E-state index in [4.69, 9.17) is 9.84 Å². The molecule has 1 saturated carbocycles. The fourth-order valence-electron chi connectivity index (χ4n) is 3.48. The number of carbonyl (C=O) groups is 2. The fourth-order valence-corrected chi connectivity index (χ4v) is 3.48. The van der Waals surface area contributed by atoms with Crippen molar-refractivity contribution in [2.45, 2.75) is 51.2 Å². The summed E-state index contributed by atoms with van der Waals surface area (Å²) in [4.78, 5) is 27.1. The predicted octanol–water partition coefficient (Wildman–Crippen LogP) is 2.21. The van der Waals surface area contributed by atoms with Gasteiger partial charge < -0.3 is 20.1 Å². The van der Waals surface area contributed by atoms with Crippen molar-refractivity contribution in [2.75, 3.05) is 27.2 Å². The van der Waals surface area contributed by atoms with Gasteiger partial charge in [-0.2, -0.15) is 0 Å². The molecule has 0 bridgehead atoms. The number of carboxylic acids is 1. The number of urea groups is 1. The quantitative estimate of drug-likeness (QED) is 0.689. The molecule has 1 aromatic rings. The number of nitrogens with zero attached hydrogens (tertiary/aromatic N) is 2. The maximum absolute atomic E-state index is 12.5. The molecule has 0 spiro atoms. The van der Waals surface area contributed by atoms with Crippen molar-refractivity contribution in [3.8, 4) is 5.75 Å². The highest BCUT2D eigenvalue weighted by molar-refractivity contribution is 5.74. The number of likely N-dealkylation sites (N-methyl/N-ethyl adjacent to an activating group) is 2. The molecule has 1 aromatic carbocycles. The first-order valence-corrected chi connectivity index (χ1v) is 9.46. The minimum Gasteiger partial charge on any atom is -0.496 e. The number of ether oxygens (including phenoxy) is 1. The molecule has 0 saturated heterocycles. The second-order valence-corrected chi connectivity index (χ2v) is 7.20. The highest BCUT2D eigenvalue weighted by Crippen LogP contribution is 2.26. The Bertz CT molecular complexity index is 646. The van der Waals surface area contributed by atoms with E-state index in [9.17, 15) is 9.59 Å². The zero-order chi connectivity index (χ0) is 20.0. The van der Waals surface area contributed by atoms with Crippen LogP contribution in [0.1, 0.15) is 32.3 Å². The summed E-state index contributed by atoms with van der Waals surface area (Å²) in [5.74, 6) is 0.0207. The number of hydrogen-bond acceptors (Lipinski definition) is 4. The molecule has 1 atom stereocenters. The number of hydrogen-bond donors (Lipinski definition) is 2. The first kappa shape index (κ1) is 21.0. The number of methoxy groups -OCH3 is 1. The SMILES string of the molecule is CCN(CC(=O)O)C1CC(NC(=O)N(C)C(C)Cc2ccccc2OC)C1. The highest BCUT2D eigenvalue weighted by atomic mass is 16.5. The molecule has 0 radical (unpaired) electrons. The Hall–Kier alpha value is -2.28. The zero-order valence-corrected chi connectivity index (χ0v) is 16.6. The lowest BCUT2D eigenvalue weighted by Gasteiger charge is -2.43. The number of nitrogens with one attached hydrogen (secondary N) is 1. The zero-order valence-electron chi connectivity index (χ0n) is 16.6. The van der Waals surface area contributed by atoms with Crippen LogP contribution >= 0.6 is 0 Å².